The van der Waals surface area contributed by atoms with Crippen molar-refractivity contribution in [2.45, 2.75) is 39.3 Å². The molecule has 0 aliphatic rings. The molecular weight excluding hydrogens is 200 g/mol. The van der Waals surface area contributed by atoms with Crippen molar-refractivity contribution in [1.82, 2.24) is 9.88 Å². The Balaban J connectivity index is 2.13. The Morgan fingerprint density at radius 1 is 1.38 bits per heavy atom. The first-order chi connectivity index (χ1) is 7.88. The maximum atomic E-state index is 5.01. The van der Waals surface area contributed by atoms with Crippen molar-refractivity contribution in [3.63, 3.8) is 0 Å². The molecule has 1 aromatic rings. The van der Waals surface area contributed by atoms with E-state index in [9.17, 15) is 0 Å². The number of aromatic nitrogens is 1. The molecule has 1 aromatic heterocycles. The van der Waals surface area contributed by atoms with Gasteiger partial charge in [-0.1, -0.05) is 6.92 Å². The Morgan fingerprint density at radius 3 is 3.00 bits per heavy atom. The van der Waals surface area contributed by atoms with Crippen LogP contribution in [-0.4, -0.2) is 24.8 Å². The van der Waals surface area contributed by atoms with Crippen molar-refractivity contribution in [3.8, 4) is 0 Å². The summed E-state index contributed by atoms with van der Waals surface area (Å²) < 4.78 is 7.34. The second-order valence-electron chi connectivity index (χ2n) is 4.07. The Kier molecular flexibility index (Phi) is 6.93. The van der Waals surface area contributed by atoms with E-state index in [0.29, 0.717) is 0 Å². The number of rotatable bonds is 9. The van der Waals surface area contributed by atoms with Crippen molar-refractivity contribution in [2.75, 3.05) is 20.3 Å². The Hall–Kier alpha value is -0.800. The van der Waals surface area contributed by atoms with Gasteiger partial charge in [-0.3, -0.25) is 0 Å². The van der Waals surface area contributed by atoms with Gasteiger partial charge in [0.2, 0.25) is 0 Å². The van der Waals surface area contributed by atoms with Gasteiger partial charge in [0.25, 0.3) is 0 Å². The highest BCUT2D eigenvalue weighted by Gasteiger charge is 1.98. The molecule has 0 unspecified atom stereocenters. The van der Waals surface area contributed by atoms with Crippen LogP contribution in [0.4, 0.5) is 0 Å². The first-order valence-corrected chi connectivity index (χ1v) is 6.22. The van der Waals surface area contributed by atoms with Gasteiger partial charge >= 0.3 is 0 Å². The molecule has 0 bridgehead atoms. The second kappa shape index (κ2) is 8.36. The third-order valence-electron chi connectivity index (χ3n) is 2.65. The Labute approximate surface area is 98.8 Å². The minimum Gasteiger partial charge on any atom is -0.385 e. The Morgan fingerprint density at radius 2 is 2.25 bits per heavy atom. The summed E-state index contributed by atoms with van der Waals surface area (Å²) in [5, 5.41) is 3.47. The van der Waals surface area contributed by atoms with Crippen LogP contribution in [0.2, 0.25) is 0 Å². The summed E-state index contributed by atoms with van der Waals surface area (Å²) in [6.45, 7) is 6.24. The summed E-state index contributed by atoms with van der Waals surface area (Å²) in [7, 11) is 1.76. The summed E-state index contributed by atoms with van der Waals surface area (Å²) in [6, 6.07) is 4.31. The number of nitrogens with one attached hydrogen (secondary N) is 1. The lowest BCUT2D eigenvalue weighted by molar-refractivity contribution is 0.192. The van der Waals surface area contributed by atoms with E-state index in [1.807, 2.05) is 0 Å². The largest absolute Gasteiger partial charge is 0.385 e. The van der Waals surface area contributed by atoms with Gasteiger partial charge in [-0.15, -0.1) is 0 Å². The molecule has 0 radical (unpaired) electrons. The summed E-state index contributed by atoms with van der Waals surface area (Å²) in [5.41, 5.74) is 1.38. The number of methoxy groups -OCH3 is 1. The zero-order valence-corrected chi connectivity index (χ0v) is 10.5. The number of aryl methyl sites for hydroxylation is 1. The summed E-state index contributed by atoms with van der Waals surface area (Å²) in [5.74, 6) is 0. The molecule has 1 N–H and O–H groups in total. The van der Waals surface area contributed by atoms with Crippen LogP contribution in [0.1, 0.15) is 31.9 Å². The summed E-state index contributed by atoms with van der Waals surface area (Å²) in [6.07, 6.45) is 5.67. The van der Waals surface area contributed by atoms with E-state index in [1.165, 1.54) is 18.5 Å². The minimum atomic E-state index is 0.869. The molecule has 0 atom stereocenters. The summed E-state index contributed by atoms with van der Waals surface area (Å²) >= 11 is 0. The van der Waals surface area contributed by atoms with Crippen molar-refractivity contribution in [3.05, 3.63) is 24.0 Å². The maximum absolute atomic E-state index is 5.01. The van der Waals surface area contributed by atoms with E-state index < -0.39 is 0 Å². The molecule has 1 rings (SSSR count). The second-order valence-corrected chi connectivity index (χ2v) is 4.07. The molecule has 0 fully saturated rings. The van der Waals surface area contributed by atoms with Crippen molar-refractivity contribution in [2.24, 2.45) is 0 Å². The van der Waals surface area contributed by atoms with E-state index in [1.54, 1.807) is 7.11 Å². The van der Waals surface area contributed by atoms with Crippen molar-refractivity contribution in [1.29, 1.82) is 0 Å². The van der Waals surface area contributed by atoms with Gasteiger partial charge in [0.15, 0.2) is 0 Å². The quantitative estimate of drug-likeness (QED) is 0.652. The van der Waals surface area contributed by atoms with Crippen LogP contribution in [0.3, 0.4) is 0 Å². The standard InChI is InChI=1S/C13H24N2O/c1-3-9-15-10-6-7-13(15)12-14-8-4-5-11-16-2/h6-7,10,14H,3-5,8-9,11-12H2,1-2H3. The molecule has 0 saturated heterocycles. The van der Waals surface area contributed by atoms with E-state index in [-0.39, 0.29) is 0 Å². The third kappa shape index (κ3) is 4.81. The molecule has 92 valence electrons. The predicted molar refractivity (Wildman–Crippen MR) is 67.5 cm³/mol. The number of unbranched alkanes of at least 4 members (excludes halogenated alkanes) is 1. The van der Waals surface area contributed by atoms with Crippen LogP contribution in [0.25, 0.3) is 0 Å². The average Bonchev–Trinajstić information content (AvgIpc) is 2.72. The average molecular weight is 224 g/mol. The number of ether oxygens (including phenoxy) is 1. The highest BCUT2D eigenvalue weighted by Crippen LogP contribution is 2.03. The first kappa shape index (κ1) is 13.3. The molecule has 1 heterocycles. The molecule has 3 nitrogen and oxygen atoms in total. The molecule has 0 aliphatic carbocycles. The Bertz CT molecular complexity index is 271. The number of nitrogens with zero attached hydrogens (tertiary/aromatic N) is 1. The molecule has 0 amide bonds. The molecular formula is C13H24N2O. The fourth-order valence-electron chi connectivity index (χ4n) is 1.78. The zero-order valence-electron chi connectivity index (χ0n) is 10.5. The van der Waals surface area contributed by atoms with Crippen LogP contribution >= 0.6 is 0 Å². The molecule has 0 aliphatic heterocycles. The van der Waals surface area contributed by atoms with Gasteiger partial charge in [-0.2, -0.15) is 0 Å². The third-order valence-corrected chi connectivity index (χ3v) is 2.65. The lowest BCUT2D eigenvalue weighted by Gasteiger charge is -2.09. The van der Waals surface area contributed by atoms with Gasteiger partial charge in [-0.05, 0) is 37.9 Å². The van der Waals surface area contributed by atoms with E-state index in [0.717, 1.165) is 32.7 Å². The fraction of sp³-hybridized carbons (Fsp3) is 0.692. The monoisotopic (exact) mass is 224 g/mol. The lowest BCUT2D eigenvalue weighted by atomic mass is 10.3. The fourth-order valence-corrected chi connectivity index (χ4v) is 1.78. The van der Waals surface area contributed by atoms with Crippen LogP contribution in [0.5, 0.6) is 0 Å². The topological polar surface area (TPSA) is 26.2 Å². The first-order valence-electron chi connectivity index (χ1n) is 6.22. The van der Waals surface area contributed by atoms with E-state index in [4.69, 9.17) is 4.74 Å². The normalized spacial score (nSPS) is 10.9. The van der Waals surface area contributed by atoms with Gasteiger partial charge in [0.1, 0.15) is 0 Å². The van der Waals surface area contributed by atoms with Crippen molar-refractivity contribution < 1.29 is 4.74 Å². The van der Waals surface area contributed by atoms with Crippen LogP contribution in [-0.2, 0) is 17.8 Å². The summed E-state index contributed by atoms with van der Waals surface area (Å²) in [4.78, 5) is 0. The molecule has 3 heteroatoms. The molecule has 0 spiro atoms. The highest BCUT2D eigenvalue weighted by molar-refractivity contribution is 5.06. The maximum Gasteiger partial charge on any atom is 0.0462 e. The SMILES string of the molecule is CCCn1cccc1CNCCCCOC. The minimum absolute atomic E-state index is 0.869. The van der Waals surface area contributed by atoms with Crippen LogP contribution in [0.15, 0.2) is 18.3 Å². The van der Waals surface area contributed by atoms with Gasteiger partial charge in [0, 0.05) is 38.7 Å². The van der Waals surface area contributed by atoms with Crippen LogP contribution < -0.4 is 5.32 Å². The molecule has 16 heavy (non-hydrogen) atoms. The number of hydrogen-bond acceptors (Lipinski definition) is 2. The van der Waals surface area contributed by atoms with E-state index in [2.05, 4.69) is 35.1 Å². The smallest absolute Gasteiger partial charge is 0.0462 e. The predicted octanol–water partition coefficient (Wildman–Crippen LogP) is 2.41. The zero-order chi connectivity index (χ0) is 11.6. The highest BCUT2D eigenvalue weighted by atomic mass is 16.5. The van der Waals surface area contributed by atoms with Crippen LogP contribution in [0, 0.1) is 0 Å². The van der Waals surface area contributed by atoms with Gasteiger partial charge < -0.3 is 14.6 Å². The molecule has 0 aromatic carbocycles. The van der Waals surface area contributed by atoms with Gasteiger partial charge in [-0.25, -0.2) is 0 Å². The lowest BCUT2D eigenvalue weighted by Crippen LogP contribution is -2.17. The van der Waals surface area contributed by atoms with Crippen molar-refractivity contribution >= 4 is 0 Å². The van der Waals surface area contributed by atoms with E-state index >= 15 is 0 Å². The number of hydrogen-bond donors (Lipinski definition) is 1. The van der Waals surface area contributed by atoms with Gasteiger partial charge in [0.05, 0.1) is 0 Å². The molecule has 0 saturated carbocycles.